The van der Waals surface area contributed by atoms with Gasteiger partial charge in [0.05, 0.1) is 0 Å². The van der Waals surface area contributed by atoms with Crippen molar-refractivity contribution in [1.82, 2.24) is 0 Å². The maximum Gasteiger partial charge on any atom is 0.426 e. The van der Waals surface area contributed by atoms with Crippen molar-refractivity contribution >= 4 is 46.8 Å². The molecule has 0 saturated carbocycles. The molecule has 138 valence electrons. The van der Waals surface area contributed by atoms with Crippen LogP contribution in [-0.4, -0.2) is 29.4 Å². The zero-order chi connectivity index (χ0) is 15.6. The molecule has 0 saturated heterocycles. The third kappa shape index (κ3) is 94.5. The van der Waals surface area contributed by atoms with E-state index in [4.69, 9.17) is 45.1 Å². The molecule has 18 heteroatoms. The van der Waals surface area contributed by atoms with Crippen molar-refractivity contribution in [3.8, 4) is 17.4 Å². The van der Waals surface area contributed by atoms with E-state index < -0.39 is 22.8 Å². The number of nitrogens with zero attached hydrogens (tertiary/aromatic N) is 3. The monoisotopic (exact) mass is 783 g/mol. The van der Waals surface area contributed by atoms with E-state index in [1.165, 1.54) is 0 Å². The molecule has 0 aliphatic rings. The molecule has 0 unspecified atom stereocenters. The third-order valence-electron chi connectivity index (χ3n) is 0.391. The molecule has 0 fully saturated rings. The minimum absolute atomic E-state index is 0. The Balaban J connectivity index is -0.0000000221. The summed E-state index contributed by atoms with van der Waals surface area (Å²) in [7, 11) is -13.0. The Kier molecular flexibility index (Phi) is 52.8. The number of nitriles is 3. The van der Waals surface area contributed by atoms with Crippen LogP contribution in [0.15, 0.2) is 0 Å². The van der Waals surface area contributed by atoms with Gasteiger partial charge in [0.25, 0.3) is 0 Å². The van der Waals surface area contributed by atoms with Crippen LogP contribution in [0.4, 0.5) is 0 Å². The molecule has 6 N–H and O–H groups in total. The fraction of sp³-hybridized carbons (Fsp3) is 0. The fourth-order valence-electron chi connectivity index (χ4n) is 0. The maximum absolute atomic E-state index is 9.33. The van der Waals surface area contributed by atoms with E-state index in [-0.39, 0.29) is 120 Å². The molecule has 12 nitrogen and oxygen atoms in total. The summed E-state index contributed by atoms with van der Waals surface area (Å²) >= 11 is 0. The number of halogens is 1. The zero-order valence-corrected chi connectivity index (χ0v) is 21.6. The van der Waals surface area contributed by atoms with Crippen molar-refractivity contribution < 1.29 is 124 Å². The summed E-state index contributed by atoms with van der Waals surface area (Å²) in [6.07, 6.45) is 0. The van der Waals surface area contributed by atoms with Gasteiger partial charge in [-0.25, -0.2) is 13.7 Å². The molecule has 0 atom stereocenters. The van der Waals surface area contributed by atoms with Gasteiger partial charge in [-0.3, -0.25) is 0 Å². The quantitative estimate of drug-likeness (QED) is 0.112. The molecule has 0 spiro atoms. The Morgan fingerprint density at radius 1 is 0.565 bits per heavy atom. The molecule has 23 heavy (non-hydrogen) atoms. The molecule has 0 amide bonds. The van der Waals surface area contributed by atoms with Crippen LogP contribution in [0.5, 0.6) is 0 Å². The van der Waals surface area contributed by atoms with Crippen molar-refractivity contribution in [3.63, 3.8) is 0 Å². The molecule has 0 aliphatic heterocycles. The summed E-state index contributed by atoms with van der Waals surface area (Å²) in [5.41, 5.74) is 0. The van der Waals surface area contributed by atoms with E-state index in [1.807, 2.05) is 0 Å². The van der Waals surface area contributed by atoms with Gasteiger partial charge in [-0.1, -0.05) is 0 Å². The Bertz CT molecular complexity index is 448. The van der Waals surface area contributed by atoms with Gasteiger partial charge in [-0.2, -0.15) is 15.8 Å². The van der Waals surface area contributed by atoms with Crippen molar-refractivity contribution in [3.05, 3.63) is 14.9 Å². The SMILES string of the molecule is I.N#CP(=O)(O)O.N#CP(=O)(O)O.N#CP(=O)(O)O.[CH3-].[CH3-].[Sm].[Sm]. The van der Waals surface area contributed by atoms with Gasteiger partial charge in [0, 0.05) is 80.8 Å². The number of rotatable bonds is 0. The number of hydrogen-bond acceptors (Lipinski definition) is 6. The summed E-state index contributed by atoms with van der Waals surface area (Å²) in [6, 6.07) is 0. The predicted molar refractivity (Wildman–Crippen MR) is 81.2 cm³/mol. The predicted octanol–water partition coefficient (Wildman–Crippen LogP) is 0.454. The van der Waals surface area contributed by atoms with Crippen LogP contribution in [0.3, 0.4) is 0 Å². The van der Waals surface area contributed by atoms with Crippen LogP contribution in [-0.2, 0) is 13.7 Å². The first-order valence-electron chi connectivity index (χ1n) is 3.09. The standard InChI is InChI=1S/3CH2NO3P.2CH3.HI.2Sm/c3*2-1-6(3,4)5;;;;;/h3*(H2,3,4,5);2*1H3;1H;;/q;;;2*-1;;;. The Hall–Kier alpha value is 2.33. The Morgan fingerprint density at radius 3 is 0.609 bits per heavy atom. The summed E-state index contributed by atoms with van der Waals surface area (Å²) in [6.45, 7) is 0. The zero-order valence-electron chi connectivity index (χ0n) is 11.3. The topological polar surface area (TPSA) is 244 Å². The van der Waals surface area contributed by atoms with E-state index >= 15 is 0 Å². The van der Waals surface area contributed by atoms with Gasteiger partial charge in [0.15, 0.2) is 17.4 Å². The van der Waals surface area contributed by atoms with Crippen molar-refractivity contribution in [2.24, 2.45) is 0 Å². The van der Waals surface area contributed by atoms with Crippen molar-refractivity contribution in [2.75, 3.05) is 0 Å². The maximum atomic E-state index is 9.33. The largest absolute Gasteiger partial charge is 0.426 e. The van der Waals surface area contributed by atoms with E-state index in [0.29, 0.717) is 0 Å². The molecular formula is C5H13IN3O9P3Sm2-2. The van der Waals surface area contributed by atoms with Crippen LogP contribution in [0.1, 0.15) is 0 Å². The summed E-state index contributed by atoms with van der Waals surface area (Å²) in [5, 5.41) is 22.2. The Labute approximate surface area is 215 Å². The number of hydrogen-bond donors (Lipinski definition) is 6. The van der Waals surface area contributed by atoms with Crippen LogP contribution in [0, 0.1) is 129 Å². The normalized spacial score (nSPS) is 7.96. The van der Waals surface area contributed by atoms with Crippen LogP contribution in [0.25, 0.3) is 0 Å². The average molecular weight is 780 g/mol. The van der Waals surface area contributed by atoms with Gasteiger partial charge >= 0.3 is 22.8 Å². The second kappa shape index (κ2) is 24.3. The molecule has 0 bridgehead atoms. The molecule has 0 heterocycles. The fourth-order valence-corrected chi connectivity index (χ4v) is 0. The van der Waals surface area contributed by atoms with Gasteiger partial charge in [0.1, 0.15) is 0 Å². The van der Waals surface area contributed by atoms with Crippen molar-refractivity contribution in [2.45, 2.75) is 0 Å². The minimum atomic E-state index is -4.34. The summed E-state index contributed by atoms with van der Waals surface area (Å²) < 4.78 is 28.0. The third-order valence-corrected chi connectivity index (χ3v) is 1.17. The second-order valence-electron chi connectivity index (χ2n) is 1.93. The van der Waals surface area contributed by atoms with E-state index in [0.717, 1.165) is 17.4 Å². The van der Waals surface area contributed by atoms with Crippen LogP contribution >= 0.6 is 46.8 Å². The Morgan fingerprint density at radius 2 is 0.609 bits per heavy atom. The second-order valence-corrected chi connectivity index (χ2v) is 5.80. The summed E-state index contributed by atoms with van der Waals surface area (Å²) in [4.78, 5) is 45.5. The molecule has 0 aromatic carbocycles. The van der Waals surface area contributed by atoms with Crippen LogP contribution < -0.4 is 0 Å². The van der Waals surface area contributed by atoms with Gasteiger partial charge in [0.2, 0.25) is 0 Å². The molecule has 0 aromatic rings. The van der Waals surface area contributed by atoms with E-state index in [2.05, 4.69) is 0 Å². The van der Waals surface area contributed by atoms with Gasteiger partial charge < -0.3 is 44.2 Å². The minimum Gasteiger partial charge on any atom is -0.358 e. The van der Waals surface area contributed by atoms with Gasteiger partial charge in [-0.05, 0) is 0 Å². The smallest absolute Gasteiger partial charge is 0.358 e. The van der Waals surface area contributed by atoms with Crippen molar-refractivity contribution in [1.29, 1.82) is 15.8 Å². The molecule has 0 radical (unpaired) electrons. The van der Waals surface area contributed by atoms with Crippen LogP contribution in [0.2, 0.25) is 0 Å². The molecule has 0 aliphatic carbocycles. The average Bonchev–Trinajstić information content (AvgIpc) is 2.16. The van der Waals surface area contributed by atoms with E-state index in [1.54, 1.807) is 0 Å². The first kappa shape index (κ1) is 49.9. The molecule has 0 aromatic heterocycles. The molecular weight excluding hydrogens is 767 g/mol. The van der Waals surface area contributed by atoms with Gasteiger partial charge in [-0.15, -0.1) is 24.0 Å². The van der Waals surface area contributed by atoms with E-state index in [9.17, 15) is 13.7 Å². The first-order chi connectivity index (χ1) is 7.68. The first-order valence-corrected chi connectivity index (χ1v) is 7.93. The summed E-state index contributed by atoms with van der Waals surface area (Å²) in [5.74, 6) is 2.31. The molecule has 0 rings (SSSR count).